The first-order chi connectivity index (χ1) is 22.2. The van der Waals surface area contributed by atoms with Crippen molar-refractivity contribution >= 4 is 38.5 Å². The molecule has 3 aromatic heterocycles. The zero-order chi connectivity index (χ0) is 34.1. The van der Waals surface area contributed by atoms with Crippen molar-refractivity contribution in [3.05, 3.63) is 42.7 Å². The minimum atomic E-state index is -5.63. The summed E-state index contributed by atoms with van der Waals surface area (Å²) in [6, 6.07) is 2.82. The van der Waals surface area contributed by atoms with E-state index in [0.717, 1.165) is 0 Å². The predicted molar refractivity (Wildman–Crippen MR) is 150 cm³/mol. The van der Waals surface area contributed by atoms with Crippen LogP contribution in [0.2, 0.25) is 0 Å². The van der Waals surface area contributed by atoms with Gasteiger partial charge in [-0.1, -0.05) is 5.92 Å². The molecule has 2 saturated heterocycles. The molecule has 0 aliphatic carbocycles. The van der Waals surface area contributed by atoms with Crippen molar-refractivity contribution in [2.24, 2.45) is 5.73 Å². The predicted octanol–water partition coefficient (Wildman–Crippen LogP) is -3.18. The van der Waals surface area contributed by atoms with Crippen LogP contribution in [0.4, 0.5) is 5.82 Å². The van der Waals surface area contributed by atoms with Crippen LogP contribution >= 0.6 is 15.6 Å². The monoisotopic (exact) mass is 701 g/mol. The van der Waals surface area contributed by atoms with E-state index in [1.165, 1.54) is 46.3 Å². The van der Waals surface area contributed by atoms with Crippen molar-refractivity contribution in [1.29, 1.82) is 0 Å². The molecule has 0 saturated carbocycles. The number of hydrogen-bond acceptors (Lipinski definition) is 17. The van der Waals surface area contributed by atoms with Gasteiger partial charge >= 0.3 is 7.82 Å². The lowest BCUT2D eigenvalue weighted by Gasteiger charge is -2.26. The fraction of sp³-hybridized carbons (Fsp3) is 0.458. The lowest BCUT2D eigenvalue weighted by Crippen LogP contribution is -2.46. The largest absolute Gasteiger partial charge is 0.756 e. The number of pyridine rings is 1. The van der Waals surface area contributed by atoms with E-state index in [9.17, 15) is 44.1 Å². The maximum absolute atomic E-state index is 12.5. The minimum absolute atomic E-state index is 0.0575. The highest BCUT2D eigenvalue weighted by Crippen LogP contribution is 2.58. The summed E-state index contributed by atoms with van der Waals surface area (Å²) in [5, 5.41) is 44.7. The number of nitrogens with two attached hydrogens (primary N) is 1. The zero-order valence-electron chi connectivity index (χ0n) is 23.9. The van der Waals surface area contributed by atoms with E-state index in [1.807, 2.05) is 0 Å². The van der Waals surface area contributed by atoms with Gasteiger partial charge in [0.1, 0.15) is 42.4 Å². The quantitative estimate of drug-likeness (QED) is 0.0525. The Morgan fingerprint density at radius 3 is 2.53 bits per heavy atom. The lowest BCUT2D eigenvalue weighted by atomic mass is 10.1. The van der Waals surface area contributed by atoms with Crippen LogP contribution in [0.3, 0.4) is 0 Å². The Bertz CT molecular complexity index is 1760. The standard InChI is InChI=1S/C24H29N7O14P2/c1-2-5-26-21-15-22(28-10-27-21)31(11-29-15)24-19(35)17(33)14(44-24)9-42-47(39,40)45-46(37,38)41-8-13-16(32)18(34)23(43-13)30-6-3-4-12(7-30)20(25)36/h1,3-4,6-7,10-11,13-14,16-19,23-24,32-35H,5,8-9H2,(H4-,25,26,27,28,36,37,38,39,40)/t13-,14-,16-,17-,18-,19-,23-,24-/m1/s1. The molecular formula is C24H29N7O14P2. The number of amides is 1. The summed E-state index contributed by atoms with van der Waals surface area (Å²) in [5.74, 6) is 1.90. The van der Waals surface area contributed by atoms with E-state index < -0.39 is 83.8 Å². The first-order valence-electron chi connectivity index (χ1n) is 13.5. The van der Waals surface area contributed by atoms with E-state index >= 15 is 0 Å². The van der Waals surface area contributed by atoms with E-state index in [0.29, 0.717) is 5.82 Å². The molecule has 21 nitrogen and oxygen atoms in total. The summed E-state index contributed by atoms with van der Waals surface area (Å²) in [4.78, 5) is 46.2. The first-order valence-corrected chi connectivity index (χ1v) is 16.5. The van der Waals surface area contributed by atoms with Crippen LogP contribution in [-0.2, 0) is 32.0 Å². The second kappa shape index (κ2) is 14.0. The highest BCUT2D eigenvalue weighted by atomic mass is 31.3. The molecule has 47 heavy (non-hydrogen) atoms. The number of hydrogen-bond donors (Lipinski definition) is 7. The van der Waals surface area contributed by atoms with Crippen LogP contribution in [-0.4, -0.2) is 107 Å². The Morgan fingerprint density at radius 2 is 1.81 bits per heavy atom. The number of carbonyl (C=O) groups excluding carboxylic acids is 1. The number of terminal acetylenes is 1. The summed E-state index contributed by atoms with van der Waals surface area (Å²) < 4.78 is 51.9. The van der Waals surface area contributed by atoms with Gasteiger partial charge in [0.05, 0.1) is 26.1 Å². The van der Waals surface area contributed by atoms with Gasteiger partial charge in [-0.15, -0.1) is 6.42 Å². The molecule has 5 heterocycles. The molecule has 254 valence electrons. The SMILES string of the molecule is C#CCNc1ncnc2c1ncn2[C@@H]1O[C@H](COP(=O)(O)OP(=O)([O-])OC[C@H]2O[C@@H]([n+]3cccc(C(N)=O)c3)[C@H](O)[C@@H]2O)[C@@H](O)[C@H]1O. The number of nitrogens with zero attached hydrogens (tertiary/aromatic N) is 5. The molecule has 8 N–H and O–H groups in total. The Balaban J connectivity index is 1.16. The Kier molecular flexibility index (Phi) is 10.4. The molecule has 1 amide bonds. The summed E-state index contributed by atoms with van der Waals surface area (Å²) >= 11 is 0. The number of aliphatic hydroxyl groups excluding tert-OH is 4. The van der Waals surface area contributed by atoms with Gasteiger partial charge in [-0.25, -0.2) is 23.8 Å². The topological polar surface area (TPSA) is 307 Å². The van der Waals surface area contributed by atoms with Crippen LogP contribution in [0.15, 0.2) is 37.2 Å². The van der Waals surface area contributed by atoms with Crippen molar-refractivity contribution in [2.75, 3.05) is 25.1 Å². The molecule has 2 aliphatic rings. The molecule has 2 unspecified atom stereocenters. The number of phosphoric ester groups is 2. The third kappa shape index (κ3) is 7.66. The molecule has 3 aromatic rings. The number of anilines is 1. The number of imidazole rings is 1. The van der Waals surface area contributed by atoms with Crippen LogP contribution < -0.4 is 20.5 Å². The van der Waals surface area contributed by atoms with Crippen molar-refractivity contribution in [1.82, 2.24) is 19.5 Å². The minimum Gasteiger partial charge on any atom is -0.756 e. The molecule has 23 heteroatoms. The highest BCUT2D eigenvalue weighted by Gasteiger charge is 2.49. The fourth-order valence-corrected chi connectivity index (χ4v) is 6.87. The van der Waals surface area contributed by atoms with Crippen LogP contribution in [0.1, 0.15) is 22.8 Å². The number of rotatable bonds is 13. The highest BCUT2D eigenvalue weighted by molar-refractivity contribution is 7.60. The lowest BCUT2D eigenvalue weighted by molar-refractivity contribution is -0.765. The van der Waals surface area contributed by atoms with Gasteiger partial charge in [0.15, 0.2) is 41.7 Å². The third-order valence-electron chi connectivity index (χ3n) is 7.07. The number of ether oxygens (including phenoxy) is 2. The molecular weight excluding hydrogens is 672 g/mol. The van der Waals surface area contributed by atoms with Crippen molar-refractivity contribution < 1.29 is 71.5 Å². The summed E-state index contributed by atoms with van der Waals surface area (Å²) in [5.41, 5.74) is 5.76. The number of aromatic nitrogens is 5. The average Bonchev–Trinajstić information content (AvgIpc) is 3.67. The van der Waals surface area contributed by atoms with Gasteiger partial charge in [0.25, 0.3) is 20.0 Å². The second-order valence-electron chi connectivity index (χ2n) is 10.2. The number of fused-ring (bicyclic) bond motifs is 1. The second-order valence-corrected chi connectivity index (χ2v) is 13.2. The smallest absolute Gasteiger partial charge is 0.478 e. The van der Waals surface area contributed by atoms with Gasteiger partial charge in [-0.3, -0.25) is 18.5 Å². The number of nitrogens with one attached hydrogen (secondary N) is 1. The van der Waals surface area contributed by atoms with Crippen molar-refractivity contribution in [3.8, 4) is 12.3 Å². The molecule has 10 atom stereocenters. The Labute approximate surface area is 264 Å². The van der Waals surface area contributed by atoms with Crippen molar-refractivity contribution in [2.45, 2.75) is 49.1 Å². The van der Waals surface area contributed by atoms with Crippen LogP contribution in [0, 0.1) is 12.3 Å². The van der Waals surface area contributed by atoms with Gasteiger partial charge in [-0.05, 0) is 6.07 Å². The van der Waals surface area contributed by atoms with E-state index in [4.69, 9.17) is 26.2 Å². The number of phosphoric acid groups is 2. The maximum atomic E-state index is 12.5. The van der Waals surface area contributed by atoms with Gasteiger partial charge in [-0.2, -0.15) is 4.57 Å². The van der Waals surface area contributed by atoms with Crippen LogP contribution in [0.25, 0.3) is 11.2 Å². The summed E-state index contributed by atoms with van der Waals surface area (Å²) in [7, 11) is -11.1. The fourth-order valence-electron chi connectivity index (χ4n) is 4.81. The van der Waals surface area contributed by atoms with E-state index in [-0.39, 0.29) is 23.3 Å². The zero-order valence-corrected chi connectivity index (χ0v) is 25.7. The Morgan fingerprint density at radius 1 is 1.11 bits per heavy atom. The first kappa shape index (κ1) is 34.9. The maximum Gasteiger partial charge on any atom is 0.478 e. The van der Waals surface area contributed by atoms with E-state index in [2.05, 4.69) is 35.0 Å². The van der Waals surface area contributed by atoms with Gasteiger partial charge in [0.2, 0.25) is 0 Å². The number of primary amides is 1. The van der Waals surface area contributed by atoms with Crippen LogP contribution in [0.5, 0.6) is 0 Å². The molecule has 0 aromatic carbocycles. The number of carbonyl (C=O) groups is 1. The average molecular weight is 701 g/mol. The number of aliphatic hydroxyl groups is 4. The Hall–Kier alpha value is -3.45. The normalized spacial score (nSPS) is 30.1. The van der Waals surface area contributed by atoms with Gasteiger partial charge in [0, 0.05) is 6.07 Å². The molecule has 2 aliphatic heterocycles. The van der Waals surface area contributed by atoms with Crippen molar-refractivity contribution in [3.63, 3.8) is 0 Å². The summed E-state index contributed by atoms with van der Waals surface area (Å²) in [6.07, 6.45) is -1.78. The van der Waals surface area contributed by atoms with Gasteiger partial charge < -0.3 is 55.3 Å². The van der Waals surface area contributed by atoms with E-state index in [1.54, 1.807) is 0 Å². The molecule has 5 rings (SSSR count). The third-order valence-corrected chi connectivity index (χ3v) is 9.63. The molecule has 2 fully saturated rings. The molecule has 0 spiro atoms. The summed E-state index contributed by atoms with van der Waals surface area (Å²) in [6.45, 7) is -1.76. The molecule has 0 radical (unpaired) electrons. The molecule has 0 bridgehead atoms.